The van der Waals surface area contributed by atoms with Gasteiger partial charge in [-0.15, -0.1) is 0 Å². The van der Waals surface area contributed by atoms with Gasteiger partial charge in [0.1, 0.15) is 11.4 Å². The Balaban J connectivity index is 1.51. The van der Waals surface area contributed by atoms with E-state index in [-0.39, 0.29) is 5.60 Å². The fourth-order valence-electron chi connectivity index (χ4n) is 2.78. The molecule has 0 bridgehead atoms. The molecule has 2 N–H and O–H groups in total. The Morgan fingerprint density at radius 3 is 3.37 bits per heavy atom. The van der Waals surface area contributed by atoms with Crippen molar-refractivity contribution in [1.82, 2.24) is 10.3 Å². The van der Waals surface area contributed by atoms with Gasteiger partial charge in [0, 0.05) is 31.7 Å². The molecule has 2 atom stereocenters. The number of anilines is 1. The Morgan fingerprint density at radius 1 is 1.47 bits per heavy atom. The minimum atomic E-state index is -0.118. The zero-order valence-corrected chi connectivity index (χ0v) is 11.1. The molecule has 5 nitrogen and oxygen atoms in total. The second-order valence-corrected chi connectivity index (χ2v) is 5.39. The molecule has 0 radical (unpaired) electrons. The van der Waals surface area contributed by atoms with Crippen LogP contribution in [0.3, 0.4) is 0 Å². The summed E-state index contributed by atoms with van der Waals surface area (Å²) in [6, 6.07) is 5.90. The molecule has 3 rings (SSSR count). The first-order valence-corrected chi connectivity index (χ1v) is 6.94. The first-order valence-electron chi connectivity index (χ1n) is 6.94. The molecule has 2 fully saturated rings. The van der Waals surface area contributed by atoms with Crippen LogP contribution < -0.4 is 10.6 Å². The van der Waals surface area contributed by atoms with Crippen molar-refractivity contribution in [1.29, 1.82) is 0 Å². The van der Waals surface area contributed by atoms with Crippen molar-refractivity contribution in [3.8, 4) is 0 Å². The average molecular weight is 263 g/mol. The second-order valence-electron chi connectivity index (χ2n) is 5.39. The number of hydrogen-bond donors (Lipinski definition) is 2. The number of rotatable bonds is 3. The number of nitrogens with one attached hydrogen (secondary N) is 2. The largest absolute Gasteiger partial charge is 0.377 e. The van der Waals surface area contributed by atoms with Gasteiger partial charge in [-0.05, 0) is 18.6 Å². The summed E-state index contributed by atoms with van der Waals surface area (Å²) in [5.41, 5.74) is -0.118. The van der Waals surface area contributed by atoms with Crippen LogP contribution in [0.2, 0.25) is 0 Å². The lowest BCUT2D eigenvalue weighted by molar-refractivity contribution is -0.0471. The molecule has 1 spiro atoms. The highest BCUT2D eigenvalue weighted by Gasteiger charge is 2.41. The Bertz CT molecular complexity index is 391. The molecule has 2 saturated heterocycles. The van der Waals surface area contributed by atoms with Crippen molar-refractivity contribution in [3.05, 3.63) is 24.4 Å². The minimum Gasteiger partial charge on any atom is -0.377 e. The zero-order chi connectivity index (χ0) is 13.0. The topological polar surface area (TPSA) is 55.4 Å². The first-order chi connectivity index (χ1) is 9.36. The molecule has 0 unspecified atom stereocenters. The second kappa shape index (κ2) is 5.86. The Kier molecular flexibility index (Phi) is 3.96. The normalized spacial score (nSPS) is 31.3. The molecular formula is C14H21N3O2. The van der Waals surface area contributed by atoms with Gasteiger partial charge in [-0.3, -0.25) is 0 Å². The van der Waals surface area contributed by atoms with Gasteiger partial charge in [-0.25, -0.2) is 4.98 Å². The van der Waals surface area contributed by atoms with Crippen LogP contribution in [-0.2, 0) is 9.47 Å². The SMILES string of the molecule is c1ccc(NC[C@H]2CO[C@]3(CNCCOC3)C2)nc1. The third kappa shape index (κ3) is 3.23. The lowest BCUT2D eigenvalue weighted by Crippen LogP contribution is -2.42. The summed E-state index contributed by atoms with van der Waals surface area (Å²) in [6.45, 7) is 5.00. The maximum Gasteiger partial charge on any atom is 0.125 e. The van der Waals surface area contributed by atoms with Crippen molar-refractivity contribution >= 4 is 5.82 Å². The van der Waals surface area contributed by atoms with E-state index >= 15 is 0 Å². The van der Waals surface area contributed by atoms with Crippen molar-refractivity contribution in [2.24, 2.45) is 5.92 Å². The van der Waals surface area contributed by atoms with Gasteiger partial charge in [-0.1, -0.05) is 6.07 Å². The summed E-state index contributed by atoms with van der Waals surface area (Å²) in [5, 5.41) is 6.76. The molecule has 0 aromatic carbocycles. The van der Waals surface area contributed by atoms with Gasteiger partial charge in [0.25, 0.3) is 0 Å². The summed E-state index contributed by atoms with van der Waals surface area (Å²) < 4.78 is 11.6. The summed E-state index contributed by atoms with van der Waals surface area (Å²) in [4.78, 5) is 4.27. The lowest BCUT2D eigenvalue weighted by atomic mass is 9.94. The molecule has 0 amide bonds. The van der Waals surface area contributed by atoms with Crippen molar-refractivity contribution in [2.75, 3.05) is 44.8 Å². The number of pyridine rings is 1. The van der Waals surface area contributed by atoms with Gasteiger partial charge in [0.2, 0.25) is 0 Å². The predicted octanol–water partition coefficient (Wildman–Crippen LogP) is 0.889. The van der Waals surface area contributed by atoms with Gasteiger partial charge < -0.3 is 20.1 Å². The maximum atomic E-state index is 6.01. The van der Waals surface area contributed by atoms with Crippen LogP contribution in [0.1, 0.15) is 6.42 Å². The van der Waals surface area contributed by atoms with E-state index in [1.54, 1.807) is 6.20 Å². The highest BCUT2D eigenvalue weighted by molar-refractivity contribution is 5.33. The van der Waals surface area contributed by atoms with Crippen LogP contribution in [0.5, 0.6) is 0 Å². The van der Waals surface area contributed by atoms with Crippen LogP contribution in [0, 0.1) is 5.92 Å². The molecular weight excluding hydrogens is 242 g/mol. The number of aromatic nitrogens is 1. The van der Waals surface area contributed by atoms with Crippen molar-refractivity contribution in [3.63, 3.8) is 0 Å². The van der Waals surface area contributed by atoms with Gasteiger partial charge >= 0.3 is 0 Å². The summed E-state index contributed by atoms with van der Waals surface area (Å²) in [5.74, 6) is 1.45. The van der Waals surface area contributed by atoms with E-state index in [9.17, 15) is 0 Å². The van der Waals surface area contributed by atoms with E-state index in [0.717, 1.165) is 45.1 Å². The van der Waals surface area contributed by atoms with E-state index in [0.29, 0.717) is 12.5 Å². The van der Waals surface area contributed by atoms with Crippen LogP contribution in [0.15, 0.2) is 24.4 Å². The smallest absolute Gasteiger partial charge is 0.125 e. The third-order valence-electron chi connectivity index (χ3n) is 3.76. The fraction of sp³-hybridized carbons (Fsp3) is 0.643. The van der Waals surface area contributed by atoms with E-state index < -0.39 is 0 Å². The van der Waals surface area contributed by atoms with E-state index in [1.165, 1.54) is 0 Å². The lowest BCUT2D eigenvalue weighted by Gasteiger charge is -2.25. The van der Waals surface area contributed by atoms with Crippen LogP contribution in [0.4, 0.5) is 5.82 Å². The summed E-state index contributed by atoms with van der Waals surface area (Å²) >= 11 is 0. The van der Waals surface area contributed by atoms with Crippen LogP contribution in [-0.4, -0.2) is 50.0 Å². The minimum absolute atomic E-state index is 0.118. The van der Waals surface area contributed by atoms with E-state index in [1.807, 2.05) is 18.2 Å². The summed E-state index contributed by atoms with van der Waals surface area (Å²) in [7, 11) is 0. The maximum absolute atomic E-state index is 6.01. The molecule has 3 heterocycles. The molecule has 104 valence electrons. The average Bonchev–Trinajstić information content (AvgIpc) is 2.70. The standard InChI is InChI=1S/C14H21N3O2/c1-2-4-16-13(3-1)17-8-12-7-14(19-9-12)10-15-5-6-18-11-14/h1-4,12,15H,5-11H2,(H,16,17)/t12-,14-/m0/s1. The number of hydrogen-bond acceptors (Lipinski definition) is 5. The summed E-state index contributed by atoms with van der Waals surface area (Å²) in [6.07, 6.45) is 2.85. The molecule has 1 aromatic heterocycles. The monoisotopic (exact) mass is 263 g/mol. The van der Waals surface area contributed by atoms with Gasteiger partial charge in [0.15, 0.2) is 0 Å². The van der Waals surface area contributed by atoms with Crippen LogP contribution >= 0.6 is 0 Å². The highest BCUT2D eigenvalue weighted by Crippen LogP contribution is 2.31. The Hall–Kier alpha value is -1.17. The Morgan fingerprint density at radius 2 is 2.47 bits per heavy atom. The quantitative estimate of drug-likeness (QED) is 0.848. The number of ether oxygens (including phenoxy) is 2. The molecule has 0 saturated carbocycles. The highest BCUT2D eigenvalue weighted by atomic mass is 16.5. The molecule has 2 aliphatic heterocycles. The fourth-order valence-corrected chi connectivity index (χ4v) is 2.78. The zero-order valence-electron chi connectivity index (χ0n) is 11.1. The Labute approximate surface area is 113 Å². The van der Waals surface area contributed by atoms with Crippen molar-refractivity contribution < 1.29 is 9.47 Å². The number of nitrogens with zero attached hydrogens (tertiary/aromatic N) is 1. The van der Waals surface area contributed by atoms with Gasteiger partial charge in [0.05, 0.1) is 19.8 Å². The molecule has 5 heteroatoms. The third-order valence-corrected chi connectivity index (χ3v) is 3.76. The van der Waals surface area contributed by atoms with Crippen molar-refractivity contribution in [2.45, 2.75) is 12.0 Å². The first kappa shape index (κ1) is 12.8. The van der Waals surface area contributed by atoms with Gasteiger partial charge in [-0.2, -0.15) is 0 Å². The molecule has 1 aromatic rings. The molecule has 2 aliphatic rings. The van der Waals surface area contributed by atoms with E-state index in [4.69, 9.17) is 9.47 Å². The molecule has 19 heavy (non-hydrogen) atoms. The van der Waals surface area contributed by atoms with Crippen LogP contribution in [0.25, 0.3) is 0 Å². The molecule has 0 aliphatic carbocycles. The predicted molar refractivity (Wildman–Crippen MR) is 73.2 cm³/mol. The van der Waals surface area contributed by atoms with E-state index in [2.05, 4.69) is 15.6 Å².